The van der Waals surface area contributed by atoms with Gasteiger partial charge in [-0.05, 0) is 24.6 Å². The van der Waals surface area contributed by atoms with Gasteiger partial charge in [0.1, 0.15) is 12.4 Å². The lowest BCUT2D eigenvalue weighted by atomic mass is 10.2. The van der Waals surface area contributed by atoms with Crippen molar-refractivity contribution in [3.63, 3.8) is 0 Å². The van der Waals surface area contributed by atoms with Gasteiger partial charge in [-0.15, -0.1) is 0 Å². The number of carbonyl (C=O) groups excluding carboxylic acids is 1. The van der Waals surface area contributed by atoms with Gasteiger partial charge in [0, 0.05) is 12.4 Å². The van der Waals surface area contributed by atoms with E-state index in [0.29, 0.717) is 19.0 Å². The monoisotopic (exact) mass is 230 g/mol. The average Bonchev–Trinajstić information content (AvgIpc) is 2.77. The number of rotatable bonds is 5. The van der Waals surface area contributed by atoms with Crippen LogP contribution in [-0.4, -0.2) is 22.4 Å². The van der Waals surface area contributed by atoms with E-state index in [1.807, 2.05) is 31.2 Å². The lowest BCUT2D eigenvalue weighted by molar-refractivity contribution is 0.111. The summed E-state index contributed by atoms with van der Waals surface area (Å²) in [4.78, 5) is 14.6. The summed E-state index contributed by atoms with van der Waals surface area (Å²) in [6, 6.07) is 7.88. The van der Waals surface area contributed by atoms with E-state index < -0.39 is 0 Å². The Balaban J connectivity index is 1.90. The molecule has 1 aromatic heterocycles. The molecular weight excluding hydrogens is 216 g/mol. The highest BCUT2D eigenvalue weighted by molar-refractivity contribution is 5.69. The molecular formula is C13H14N2O2. The minimum Gasteiger partial charge on any atom is -0.492 e. The molecule has 0 aliphatic carbocycles. The number of aromatic nitrogens is 2. The molecule has 0 aliphatic rings. The number of imidazole rings is 1. The zero-order valence-electron chi connectivity index (χ0n) is 9.67. The fourth-order valence-electron chi connectivity index (χ4n) is 1.59. The van der Waals surface area contributed by atoms with Crippen molar-refractivity contribution in [3.05, 3.63) is 48.0 Å². The SMILES string of the molecule is Cc1cccc(OCCn2ccnc2C=O)c1. The van der Waals surface area contributed by atoms with E-state index in [2.05, 4.69) is 4.98 Å². The van der Waals surface area contributed by atoms with Gasteiger partial charge < -0.3 is 9.30 Å². The first kappa shape index (κ1) is 11.4. The Labute approximate surface area is 99.9 Å². The molecule has 0 atom stereocenters. The summed E-state index contributed by atoms with van der Waals surface area (Å²) in [7, 11) is 0. The van der Waals surface area contributed by atoms with E-state index in [1.165, 1.54) is 5.56 Å². The molecule has 0 radical (unpaired) electrons. The molecule has 4 nitrogen and oxygen atoms in total. The molecule has 0 saturated carbocycles. The van der Waals surface area contributed by atoms with Crippen LogP contribution < -0.4 is 4.74 Å². The van der Waals surface area contributed by atoms with E-state index in [0.717, 1.165) is 12.0 Å². The minimum atomic E-state index is 0.429. The van der Waals surface area contributed by atoms with E-state index in [1.54, 1.807) is 17.0 Å². The molecule has 17 heavy (non-hydrogen) atoms. The Morgan fingerprint density at radius 3 is 3.12 bits per heavy atom. The van der Waals surface area contributed by atoms with E-state index in [-0.39, 0.29) is 0 Å². The normalized spacial score (nSPS) is 10.2. The van der Waals surface area contributed by atoms with Crippen LogP contribution in [0.3, 0.4) is 0 Å². The van der Waals surface area contributed by atoms with Crippen molar-refractivity contribution in [2.75, 3.05) is 6.61 Å². The van der Waals surface area contributed by atoms with Crippen LogP contribution in [0.5, 0.6) is 5.75 Å². The molecule has 4 heteroatoms. The van der Waals surface area contributed by atoms with Gasteiger partial charge in [0.15, 0.2) is 12.1 Å². The summed E-state index contributed by atoms with van der Waals surface area (Å²) in [6.45, 7) is 3.15. The van der Waals surface area contributed by atoms with Gasteiger partial charge in [0.05, 0.1) is 6.54 Å². The largest absolute Gasteiger partial charge is 0.492 e. The molecule has 2 aromatic rings. The molecule has 0 saturated heterocycles. The van der Waals surface area contributed by atoms with E-state index in [4.69, 9.17) is 4.74 Å². The van der Waals surface area contributed by atoms with Crippen molar-refractivity contribution >= 4 is 6.29 Å². The molecule has 88 valence electrons. The fourth-order valence-corrected chi connectivity index (χ4v) is 1.59. The Bertz CT molecular complexity index is 506. The van der Waals surface area contributed by atoms with Crippen LogP contribution in [0.4, 0.5) is 0 Å². The van der Waals surface area contributed by atoms with Gasteiger partial charge in [-0.2, -0.15) is 0 Å². The maximum Gasteiger partial charge on any atom is 0.185 e. The number of benzene rings is 1. The summed E-state index contributed by atoms with van der Waals surface area (Å²) < 4.78 is 7.36. The molecule has 0 N–H and O–H groups in total. The zero-order valence-corrected chi connectivity index (χ0v) is 9.67. The highest BCUT2D eigenvalue weighted by Gasteiger charge is 2.00. The van der Waals surface area contributed by atoms with Crippen LogP contribution in [0.1, 0.15) is 16.2 Å². The maximum absolute atomic E-state index is 10.6. The third-order valence-electron chi connectivity index (χ3n) is 2.44. The van der Waals surface area contributed by atoms with Gasteiger partial charge in [0.25, 0.3) is 0 Å². The van der Waals surface area contributed by atoms with Crippen molar-refractivity contribution in [1.82, 2.24) is 9.55 Å². The van der Waals surface area contributed by atoms with Crippen LogP contribution in [0, 0.1) is 6.92 Å². The van der Waals surface area contributed by atoms with Crippen LogP contribution in [0.15, 0.2) is 36.7 Å². The second-order valence-electron chi connectivity index (χ2n) is 3.76. The second kappa shape index (κ2) is 5.30. The number of carbonyl (C=O) groups is 1. The predicted octanol–water partition coefficient (Wildman–Crippen LogP) is 2.08. The number of nitrogens with zero attached hydrogens (tertiary/aromatic N) is 2. The second-order valence-corrected chi connectivity index (χ2v) is 3.76. The Morgan fingerprint density at radius 1 is 1.47 bits per heavy atom. The van der Waals surface area contributed by atoms with Crippen molar-refractivity contribution in [2.45, 2.75) is 13.5 Å². The fraction of sp³-hybridized carbons (Fsp3) is 0.231. The van der Waals surface area contributed by atoms with Gasteiger partial charge in [-0.1, -0.05) is 12.1 Å². The van der Waals surface area contributed by atoms with Crippen molar-refractivity contribution in [2.24, 2.45) is 0 Å². The molecule has 2 rings (SSSR count). The Hall–Kier alpha value is -2.10. The first-order valence-electron chi connectivity index (χ1n) is 5.45. The standard InChI is InChI=1S/C13H14N2O2/c1-11-3-2-4-12(9-11)17-8-7-15-6-5-14-13(15)10-16/h2-6,9-10H,7-8H2,1H3. The molecule has 0 spiro atoms. The summed E-state index contributed by atoms with van der Waals surface area (Å²) >= 11 is 0. The van der Waals surface area contributed by atoms with Gasteiger partial charge in [-0.25, -0.2) is 4.98 Å². The third-order valence-corrected chi connectivity index (χ3v) is 2.44. The summed E-state index contributed by atoms with van der Waals surface area (Å²) in [5, 5.41) is 0. The smallest absolute Gasteiger partial charge is 0.185 e. The molecule has 0 aliphatic heterocycles. The summed E-state index contributed by atoms with van der Waals surface area (Å²) in [5.74, 6) is 1.27. The number of hydrogen-bond donors (Lipinski definition) is 0. The van der Waals surface area contributed by atoms with Crippen LogP contribution in [0.25, 0.3) is 0 Å². The van der Waals surface area contributed by atoms with E-state index in [9.17, 15) is 4.79 Å². The number of hydrogen-bond acceptors (Lipinski definition) is 3. The van der Waals surface area contributed by atoms with Gasteiger partial charge >= 0.3 is 0 Å². The van der Waals surface area contributed by atoms with E-state index >= 15 is 0 Å². The first-order chi connectivity index (χ1) is 8.29. The Morgan fingerprint density at radius 2 is 2.35 bits per heavy atom. The van der Waals surface area contributed by atoms with Crippen molar-refractivity contribution < 1.29 is 9.53 Å². The molecule has 1 aromatic carbocycles. The lowest BCUT2D eigenvalue weighted by Crippen LogP contribution is -2.10. The number of aryl methyl sites for hydroxylation is 1. The van der Waals surface area contributed by atoms with Crippen molar-refractivity contribution in [3.8, 4) is 5.75 Å². The highest BCUT2D eigenvalue weighted by Crippen LogP contribution is 2.12. The topological polar surface area (TPSA) is 44.1 Å². The predicted molar refractivity (Wildman–Crippen MR) is 64.3 cm³/mol. The van der Waals surface area contributed by atoms with Crippen LogP contribution in [-0.2, 0) is 6.54 Å². The van der Waals surface area contributed by atoms with Crippen molar-refractivity contribution in [1.29, 1.82) is 0 Å². The molecule has 0 amide bonds. The molecule has 0 bridgehead atoms. The quantitative estimate of drug-likeness (QED) is 0.739. The number of ether oxygens (including phenoxy) is 1. The Kier molecular flexibility index (Phi) is 3.55. The first-order valence-corrected chi connectivity index (χ1v) is 5.45. The zero-order chi connectivity index (χ0) is 12.1. The molecule has 0 fully saturated rings. The van der Waals surface area contributed by atoms with Crippen LogP contribution in [0.2, 0.25) is 0 Å². The summed E-state index contributed by atoms with van der Waals surface area (Å²) in [6.07, 6.45) is 4.12. The highest BCUT2D eigenvalue weighted by atomic mass is 16.5. The minimum absolute atomic E-state index is 0.429. The maximum atomic E-state index is 10.6. The van der Waals surface area contributed by atoms with Crippen LogP contribution >= 0.6 is 0 Å². The summed E-state index contributed by atoms with van der Waals surface area (Å²) in [5.41, 5.74) is 1.17. The molecule has 0 unspecified atom stereocenters. The average molecular weight is 230 g/mol. The third kappa shape index (κ3) is 2.93. The van der Waals surface area contributed by atoms with Gasteiger partial charge in [0.2, 0.25) is 0 Å². The molecule has 1 heterocycles. The van der Waals surface area contributed by atoms with Gasteiger partial charge in [-0.3, -0.25) is 4.79 Å². The lowest BCUT2D eigenvalue weighted by Gasteiger charge is -2.08. The number of aldehydes is 1.